The summed E-state index contributed by atoms with van der Waals surface area (Å²) in [4.78, 5) is 2.11. The number of halogens is 2. The van der Waals surface area contributed by atoms with Crippen molar-refractivity contribution < 1.29 is 9.84 Å². The Labute approximate surface area is 237 Å². The third-order valence-electron chi connectivity index (χ3n) is 7.32. The van der Waals surface area contributed by atoms with E-state index in [1.807, 2.05) is 62.6 Å². The maximum Gasteiger partial charge on any atom is 0.123 e. The highest BCUT2D eigenvalue weighted by Gasteiger charge is 2.43. The van der Waals surface area contributed by atoms with Crippen LogP contribution < -0.4 is 4.74 Å². The van der Waals surface area contributed by atoms with Crippen molar-refractivity contribution in [2.45, 2.75) is 17.9 Å². The third-order valence-corrected chi connectivity index (χ3v) is 8.05. The van der Waals surface area contributed by atoms with Crippen LogP contribution in [-0.4, -0.2) is 37.8 Å². The van der Waals surface area contributed by atoms with E-state index in [1.165, 1.54) is 0 Å². The van der Waals surface area contributed by atoms with Gasteiger partial charge in [0.2, 0.25) is 0 Å². The summed E-state index contributed by atoms with van der Waals surface area (Å²) in [5.74, 6) is 0.276. The Hall–Kier alpha value is -2.89. The van der Waals surface area contributed by atoms with E-state index < -0.39 is 11.5 Å². The Balaban J connectivity index is 1.86. The van der Waals surface area contributed by atoms with Crippen molar-refractivity contribution in [2.75, 3.05) is 27.7 Å². The minimum absolute atomic E-state index is 0.453. The lowest BCUT2D eigenvalue weighted by molar-refractivity contribution is 0.00534. The standard InChI is InChI=1S/C33H31BrClNO2/c1-36(2)17-16-33(37,30-13-7-9-22-8-4-5-12-28(22)30)32(24-10-6-11-27(35)19-24)29-20-25-18-26(34)15-14-23(25)21-31(29)38-3/h4-15,18-21,32,37H,16-17H2,1-3H3. The van der Waals surface area contributed by atoms with Gasteiger partial charge in [0.05, 0.1) is 7.11 Å². The van der Waals surface area contributed by atoms with Crippen LogP contribution in [-0.2, 0) is 5.60 Å². The van der Waals surface area contributed by atoms with E-state index in [0.717, 1.165) is 48.5 Å². The predicted octanol–water partition coefficient (Wildman–Crippen LogP) is 8.39. The molecule has 0 radical (unpaired) electrons. The molecule has 2 unspecified atom stereocenters. The fourth-order valence-electron chi connectivity index (χ4n) is 5.50. The van der Waals surface area contributed by atoms with Crippen LogP contribution in [0.15, 0.2) is 102 Å². The molecule has 0 amide bonds. The first-order valence-electron chi connectivity index (χ1n) is 12.7. The molecule has 2 atom stereocenters. The highest BCUT2D eigenvalue weighted by Crippen LogP contribution is 2.49. The number of hydrogen-bond donors (Lipinski definition) is 1. The Morgan fingerprint density at radius 1 is 0.868 bits per heavy atom. The largest absolute Gasteiger partial charge is 0.496 e. The second kappa shape index (κ2) is 11.1. The Kier molecular flexibility index (Phi) is 7.78. The highest BCUT2D eigenvalue weighted by atomic mass is 79.9. The number of benzene rings is 5. The van der Waals surface area contributed by atoms with Gasteiger partial charge in [0, 0.05) is 27.5 Å². The molecule has 194 valence electrons. The van der Waals surface area contributed by atoms with Gasteiger partial charge in [-0.15, -0.1) is 0 Å². The Bertz CT molecular complexity index is 1600. The van der Waals surface area contributed by atoms with E-state index in [0.29, 0.717) is 18.0 Å². The van der Waals surface area contributed by atoms with Gasteiger partial charge < -0.3 is 14.7 Å². The lowest BCUT2D eigenvalue weighted by atomic mass is 9.70. The summed E-state index contributed by atoms with van der Waals surface area (Å²) in [6, 6.07) is 32.7. The van der Waals surface area contributed by atoms with Gasteiger partial charge in [-0.05, 0) is 89.6 Å². The molecule has 0 aliphatic carbocycles. The van der Waals surface area contributed by atoms with Crippen molar-refractivity contribution in [3.05, 3.63) is 123 Å². The van der Waals surface area contributed by atoms with Crippen LogP contribution in [0, 0.1) is 0 Å². The smallest absolute Gasteiger partial charge is 0.123 e. The summed E-state index contributed by atoms with van der Waals surface area (Å²) in [6.45, 7) is 0.693. The molecule has 5 aromatic rings. The summed E-state index contributed by atoms with van der Waals surface area (Å²) < 4.78 is 6.99. The minimum atomic E-state index is -1.28. The molecule has 5 heteroatoms. The van der Waals surface area contributed by atoms with E-state index in [-0.39, 0.29) is 0 Å². The van der Waals surface area contributed by atoms with E-state index in [4.69, 9.17) is 16.3 Å². The quantitative estimate of drug-likeness (QED) is 0.198. The van der Waals surface area contributed by atoms with Crippen LogP contribution in [0.2, 0.25) is 5.02 Å². The molecule has 0 heterocycles. The number of rotatable bonds is 8. The number of methoxy groups -OCH3 is 1. The van der Waals surface area contributed by atoms with Crippen LogP contribution in [0.3, 0.4) is 0 Å². The van der Waals surface area contributed by atoms with E-state index in [2.05, 4.69) is 69.4 Å². The summed E-state index contributed by atoms with van der Waals surface area (Å²) in [7, 11) is 5.76. The molecule has 0 aromatic heterocycles. The number of nitrogens with zero attached hydrogens (tertiary/aromatic N) is 1. The van der Waals surface area contributed by atoms with Gasteiger partial charge >= 0.3 is 0 Å². The van der Waals surface area contributed by atoms with Gasteiger partial charge in [0.1, 0.15) is 11.4 Å². The molecule has 0 saturated heterocycles. The molecule has 1 N–H and O–H groups in total. The van der Waals surface area contributed by atoms with Gasteiger partial charge in [-0.25, -0.2) is 0 Å². The molecule has 0 aliphatic rings. The lowest BCUT2D eigenvalue weighted by Crippen LogP contribution is -2.38. The molecule has 5 aromatic carbocycles. The van der Waals surface area contributed by atoms with Crippen molar-refractivity contribution in [2.24, 2.45) is 0 Å². The highest BCUT2D eigenvalue weighted by molar-refractivity contribution is 9.10. The normalized spacial score (nSPS) is 14.1. The molecule has 38 heavy (non-hydrogen) atoms. The van der Waals surface area contributed by atoms with Crippen LogP contribution in [0.25, 0.3) is 21.5 Å². The fraction of sp³-hybridized carbons (Fsp3) is 0.212. The predicted molar refractivity (Wildman–Crippen MR) is 163 cm³/mol. The summed E-state index contributed by atoms with van der Waals surface area (Å²) in [5, 5.41) is 18.0. The maximum atomic E-state index is 13.1. The van der Waals surface area contributed by atoms with Gasteiger partial charge in [-0.2, -0.15) is 0 Å². The number of aliphatic hydroxyl groups is 1. The molecule has 5 rings (SSSR count). The summed E-state index contributed by atoms with van der Waals surface area (Å²) in [5.41, 5.74) is 1.45. The zero-order chi connectivity index (χ0) is 26.9. The van der Waals surface area contributed by atoms with E-state index >= 15 is 0 Å². The fourth-order valence-corrected chi connectivity index (χ4v) is 6.08. The van der Waals surface area contributed by atoms with Crippen molar-refractivity contribution >= 4 is 49.1 Å². The van der Waals surface area contributed by atoms with Crippen molar-refractivity contribution in [1.82, 2.24) is 4.90 Å². The van der Waals surface area contributed by atoms with Crippen molar-refractivity contribution in [1.29, 1.82) is 0 Å². The first-order valence-corrected chi connectivity index (χ1v) is 13.9. The van der Waals surface area contributed by atoms with E-state index in [9.17, 15) is 5.11 Å². The van der Waals surface area contributed by atoms with Crippen LogP contribution in [0.5, 0.6) is 5.75 Å². The van der Waals surface area contributed by atoms with Crippen LogP contribution in [0.1, 0.15) is 29.0 Å². The SMILES string of the molecule is COc1cc2ccc(Br)cc2cc1C(c1cccc(Cl)c1)C(O)(CCN(C)C)c1cccc2ccccc12. The van der Waals surface area contributed by atoms with E-state index in [1.54, 1.807) is 7.11 Å². The average molecular weight is 589 g/mol. The average Bonchev–Trinajstić information content (AvgIpc) is 2.91. The molecular weight excluding hydrogens is 558 g/mol. The Morgan fingerprint density at radius 2 is 1.63 bits per heavy atom. The number of hydrogen-bond acceptors (Lipinski definition) is 3. The zero-order valence-corrected chi connectivity index (χ0v) is 24.1. The van der Waals surface area contributed by atoms with Crippen LogP contribution >= 0.6 is 27.5 Å². The first-order chi connectivity index (χ1) is 18.3. The monoisotopic (exact) mass is 587 g/mol. The topological polar surface area (TPSA) is 32.7 Å². The molecule has 0 spiro atoms. The number of ether oxygens (including phenoxy) is 1. The third kappa shape index (κ3) is 5.19. The molecule has 0 saturated carbocycles. The molecular formula is C33H31BrClNO2. The zero-order valence-electron chi connectivity index (χ0n) is 21.8. The van der Waals surface area contributed by atoms with Gasteiger partial charge in [-0.3, -0.25) is 0 Å². The van der Waals surface area contributed by atoms with Gasteiger partial charge in [0.15, 0.2) is 0 Å². The minimum Gasteiger partial charge on any atom is -0.496 e. The van der Waals surface area contributed by atoms with Crippen LogP contribution in [0.4, 0.5) is 0 Å². The first kappa shape index (κ1) is 26.7. The van der Waals surface area contributed by atoms with Crippen molar-refractivity contribution in [3.63, 3.8) is 0 Å². The lowest BCUT2D eigenvalue weighted by Gasteiger charge is -2.40. The second-order valence-corrected chi connectivity index (χ2v) is 11.4. The molecule has 0 aliphatic heterocycles. The molecule has 0 fully saturated rings. The second-order valence-electron chi connectivity index (χ2n) is 10.1. The maximum absolute atomic E-state index is 13.1. The molecule has 0 bridgehead atoms. The molecule has 3 nitrogen and oxygen atoms in total. The summed E-state index contributed by atoms with van der Waals surface area (Å²) in [6.07, 6.45) is 0.505. The summed E-state index contributed by atoms with van der Waals surface area (Å²) >= 11 is 10.2. The van der Waals surface area contributed by atoms with Gasteiger partial charge in [-0.1, -0.05) is 88.2 Å². The Morgan fingerprint density at radius 3 is 2.39 bits per heavy atom. The number of fused-ring (bicyclic) bond motifs is 2. The van der Waals surface area contributed by atoms with Gasteiger partial charge in [0.25, 0.3) is 0 Å². The van der Waals surface area contributed by atoms with Crippen molar-refractivity contribution in [3.8, 4) is 5.75 Å².